The Balaban J connectivity index is 1.70. The number of nitrogens with two attached hydrogens (primary N) is 1. The Bertz CT molecular complexity index is 725. The molecular weight excluding hydrogens is 346 g/mol. The van der Waals surface area contributed by atoms with E-state index in [9.17, 15) is 9.59 Å². The third-order valence-corrected chi connectivity index (χ3v) is 4.73. The number of nitrogens with one attached hydrogen (secondary N) is 1. The van der Waals surface area contributed by atoms with Gasteiger partial charge in [0, 0.05) is 34.5 Å². The molecule has 0 radical (unpaired) electrons. The fourth-order valence-corrected chi connectivity index (χ4v) is 3.46. The van der Waals surface area contributed by atoms with Crippen LogP contribution in [0.2, 0.25) is 0 Å². The van der Waals surface area contributed by atoms with Crippen LogP contribution in [-0.2, 0) is 16.0 Å². The number of carbonyl (C=O) groups excluding carboxylic acids is 2. The zero-order chi connectivity index (χ0) is 15.7. The lowest BCUT2D eigenvalue weighted by Crippen LogP contribution is -2.43. The Morgan fingerprint density at radius 3 is 3.00 bits per heavy atom. The maximum atomic E-state index is 12.4. The fourth-order valence-electron chi connectivity index (χ4n) is 3.10. The van der Waals surface area contributed by atoms with Crippen molar-refractivity contribution in [1.29, 1.82) is 0 Å². The van der Waals surface area contributed by atoms with Crippen LogP contribution in [0.15, 0.2) is 28.9 Å². The third kappa shape index (κ3) is 2.88. The number of H-pyrrole nitrogens is 1. The Morgan fingerprint density at radius 1 is 1.41 bits per heavy atom. The van der Waals surface area contributed by atoms with Crippen molar-refractivity contribution in [3.05, 3.63) is 34.4 Å². The number of primary amides is 1. The summed E-state index contributed by atoms with van der Waals surface area (Å²) in [7, 11) is 0. The molecule has 1 saturated heterocycles. The molecule has 0 saturated carbocycles. The van der Waals surface area contributed by atoms with Gasteiger partial charge in [0.2, 0.25) is 11.8 Å². The summed E-state index contributed by atoms with van der Waals surface area (Å²) in [5, 5.41) is 1.12. The fraction of sp³-hybridized carbons (Fsp3) is 0.375. The Labute approximate surface area is 137 Å². The zero-order valence-electron chi connectivity index (χ0n) is 12.1. The predicted molar refractivity (Wildman–Crippen MR) is 88.2 cm³/mol. The largest absolute Gasteiger partial charge is 0.368 e. The average molecular weight is 364 g/mol. The maximum absolute atomic E-state index is 12.4. The average Bonchev–Trinajstić information content (AvgIpc) is 3.11. The molecule has 0 unspecified atom stereocenters. The number of carbonyl (C=O) groups is 2. The van der Waals surface area contributed by atoms with Gasteiger partial charge in [0.05, 0.1) is 0 Å². The Morgan fingerprint density at radius 2 is 2.23 bits per heavy atom. The lowest BCUT2D eigenvalue weighted by molar-refractivity contribution is -0.137. The van der Waals surface area contributed by atoms with Crippen LogP contribution < -0.4 is 5.73 Å². The van der Waals surface area contributed by atoms with Crippen LogP contribution in [0.5, 0.6) is 0 Å². The van der Waals surface area contributed by atoms with Crippen LogP contribution in [0.25, 0.3) is 10.9 Å². The minimum absolute atomic E-state index is 0.00523. The van der Waals surface area contributed by atoms with Crippen LogP contribution in [0.3, 0.4) is 0 Å². The van der Waals surface area contributed by atoms with Crippen molar-refractivity contribution in [2.24, 2.45) is 5.73 Å². The summed E-state index contributed by atoms with van der Waals surface area (Å²) in [6.07, 6.45) is 4.51. The van der Waals surface area contributed by atoms with E-state index in [1.165, 1.54) is 0 Å². The molecule has 2 amide bonds. The summed E-state index contributed by atoms with van der Waals surface area (Å²) < 4.78 is 1.01. The number of nitrogens with zero attached hydrogens (tertiary/aromatic N) is 1. The molecule has 0 spiro atoms. The highest BCUT2D eigenvalue weighted by atomic mass is 79.9. The van der Waals surface area contributed by atoms with Crippen LogP contribution in [-0.4, -0.2) is 34.3 Å². The van der Waals surface area contributed by atoms with Gasteiger partial charge in [-0.05, 0) is 43.0 Å². The quantitative estimate of drug-likeness (QED) is 0.874. The Hall–Kier alpha value is -1.82. The number of fused-ring (bicyclic) bond motifs is 1. The van der Waals surface area contributed by atoms with Gasteiger partial charge >= 0.3 is 0 Å². The van der Waals surface area contributed by atoms with Crippen LogP contribution in [0, 0.1) is 0 Å². The molecule has 116 valence electrons. The number of aryl methyl sites for hydroxylation is 1. The van der Waals surface area contributed by atoms with Gasteiger partial charge in [-0.15, -0.1) is 0 Å². The van der Waals surface area contributed by atoms with E-state index < -0.39 is 11.9 Å². The normalized spacial score (nSPS) is 18.0. The van der Waals surface area contributed by atoms with E-state index in [1.807, 2.05) is 24.4 Å². The smallest absolute Gasteiger partial charge is 0.240 e. The molecule has 1 atom stereocenters. The highest BCUT2D eigenvalue weighted by Crippen LogP contribution is 2.24. The molecule has 1 aliphatic rings. The lowest BCUT2D eigenvalue weighted by atomic mass is 10.1. The molecule has 3 rings (SSSR count). The minimum Gasteiger partial charge on any atom is -0.368 e. The molecule has 0 bridgehead atoms. The lowest BCUT2D eigenvalue weighted by Gasteiger charge is -2.22. The molecule has 1 aromatic carbocycles. The number of halogens is 1. The summed E-state index contributed by atoms with van der Waals surface area (Å²) in [4.78, 5) is 28.6. The molecule has 3 N–H and O–H groups in total. The Kier molecular flexibility index (Phi) is 4.20. The van der Waals surface area contributed by atoms with Gasteiger partial charge in [0.25, 0.3) is 0 Å². The number of hydrogen-bond donors (Lipinski definition) is 2. The predicted octanol–water partition coefficient (Wildman–Crippen LogP) is 2.34. The van der Waals surface area contributed by atoms with E-state index in [1.54, 1.807) is 4.90 Å². The van der Waals surface area contributed by atoms with E-state index in [0.29, 0.717) is 25.8 Å². The topological polar surface area (TPSA) is 79.2 Å². The second kappa shape index (κ2) is 6.12. The van der Waals surface area contributed by atoms with E-state index in [0.717, 1.165) is 27.4 Å². The molecule has 0 aliphatic carbocycles. The zero-order valence-corrected chi connectivity index (χ0v) is 13.7. The SMILES string of the molecule is NC(=O)[C@@H]1CCCN1C(=O)CCc1c[nH]c2ccc(Br)cc12. The maximum Gasteiger partial charge on any atom is 0.240 e. The second-order valence-electron chi connectivity index (χ2n) is 5.65. The van der Waals surface area contributed by atoms with Crippen molar-refractivity contribution in [3.63, 3.8) is 0 Å². The van der Waals surface area contributed by atoms with Crippen molar-refractivity contribution < 1.29 is 9.59 Å². The van der Waals surface area contributed by atoms with Crippen molar-refractivity contribution in [2.45, 2.75) is 31.7 Å². The van der Waals surface area contributed by atoms with Gasteiger partial charge in [-0.25, -0.2) is 0 Å². The first-order valence-electron chi connectivity index (χ1n) is 7.40. The van der Waals surface area contributed by atoms with E-state index in [4.69, 9.17) is 5.73 Å². The number of benzene rings is 1. The highest BCUT2D eigenvalue weighted by Gasteiger charge is 2.32. The van der Waals surface area contributed by atoms with Crippen LogP contribution in [0.4, 0.5) is 0 Å². The molecule has 2 heterocycles. The molecule has 1 aliphatic heterocycles. The standard InChI is InChI=1S/C16H18BrN3O2/c17-11-4-5-13-12(8-11)10(9-19-13)3-6-15(21)20-7-1-2-14(20)16(18)22/h4-5,8-9,14,19H,1-3,6-7H2,(H2,18,22)/t14-/m0/s1. The molecule has 5 nitrogen and oxygen atoms in total. The molecule has 2 aromatic rings. The van der Waals surface area contributed by atoms with Crippen molar-refractivity contribution in [3.8, 4) is 0 Å². The van der Waals surface area contributed by atoms with E-state index >= 15 is 0 Å². The summed E-state index contributed by atoms with van der Waals surface area (Å²) >= 11 is 3.47. The van der Waals surface area contributed by atoms with Gasteiger partial charge in [0.1, 0.15) is 6.04 Å². The second-order valence-corrected chi connectivity index (χ2v) is 6.57. The number of aromatic nitrogens is 1. The van der Waals surface area contributed by atoms with Gasteiger partial charge in [-0.3, -0.25) is 9.59 Å². The van der Waals surface area contributed by atoms with Crippen LogP contribution in [0.1, 0.15) is 24.8 Å². The number of amides is 2. The molecule has 1 aromatic heterocycles. The van der Waals surface area contributed by atoms with Gasteiger partial charge < -0.3 is 15.6 Å². The molecule has 22 heavy (non-hydrogen) atoms. The first-order chi connectivity index (χ1) is 10.6. The van der Waals surface area contributed by atoms with E-state index in [-0.39, 0.29) is 5.91 Å². The van der Waals surface area contributed by atoms with Gasteiger partial charge in [-0.1, -0.05) is 15.9 Å². The third-order valence-electron chi connectivity index (χ3n) is 4.24. The number of hydrogen-bond acceptors (Lipinski definition) is 2. The summed E-state index contributed by atoms with van der Waals surface area (Å²) in [5.74, 6) is -0.396. The molecule has 6 heteroatoms. The number of aromatic amines is 1. The first kappa shape index (κ1) is 15.1. The van der Waals surface area contributed by atoms with Gasteiger partial charge in [-0.2, -0.15) is 0 Å². The van der Waals surface area contributed by atoms with Crippen molar-refractivity contribution in [1.82, 2.24) is 9.88 Å². The minimum atomic E-state index is -0.426. The van der Waals surface area contributed by atoms with Crippen LogP contribution >= 0.6 is 15.9 Å². The summed E-state index contributed by atoms with van der Waals surface area (Å²) in [5.41, 5.74) is 7.53. The van der Waals surface area contributed by atoms with E-state index in [2.05, 4.69) is 20.9 Å². The van der Waals surface area contributed by atoms with Crippen molar-refractivity contribution >= 4 is 38.6 Å². The van der Waals surface area contributed by atoms with Crippen molar-refractivity contribution in [2.75, 3.05) is 6.54 Å². The summed E-state index contributed by atoms with van der Waals surface area (Å²) in [6.45, 7) is 0.631. The molecule has 1 fully saturated rings. The number of likely N-dealkylation sites (tertiary alicyclic amines) is 1. The molecular formula is C16H18BrN3O2. The van der Waals surface area contributed by atoms with Gasteiger partial charge in [0.15, 0.2) is 0 Å². The first-order valence-corrected chi connectivity index (χ1v) is 8.20. The number of rotatable bonds is 4. The highest BCUT2D eigenvalue weighted by molar-refractivity contribution is 9.10. The summed E-state index contributed by atoms with van der Waals surface area (Å²) in [6, 6.07) is 5.61. The monoisotopic (exact) mass is 363 g/mol.